The SMILES string of the molecule is CCN1CC=C(N2CCOCC2)N=C1CC(=O)Nc1ccc(F)cc1. The number of carbonyl (C=O) groups is 1. The number of rotatable bonds is 5. The summed E-state index contributed by atoms with van der Waals surface area (Å²) in [6.07, 6.45) is 2.28. The minimum Gasteiger partial charge on any atom is -0.378 e. The molecular formula is C18H23FN4O2. The van der Waals surface area contributed by atoms with E-state index in [0.717, 1.165) is 37.8 Å². The van der Waals surface area contributed by atoms with Crippen LogP contribution in [-0.4, -0.2) is 60.9 Å². The number of halogens is 1. The van der Waals surface area contributed by atoms with Gasteiger partial charge in [0.05, 0.1) is 19.6 Å². The zero-order chi connectivity index (χ0) is 17.6. The summed E-state index contributed by atoms with van der Waals surface area (Å²) in [5, 5.41) is 2.79. The number of anilines is 1. The van der Waals surface area contributed by atoms with Gasteiger partial charge in [-0.15, -0.1) is 0 Å². The topological polar surface area (TPSA) is 57.2 Å². The minimum absolute atomic E-state index is 0.160. The predicted molar refractivity (Wildman–Crippen MR) is 94.8 cm³/mol. The van der Waals surface area contributed by atoms with Crippen molar-refractivity contribution in [2.24, 2.45) is 4.99 Å². The van der Waals surface area contributed by atoms with Crippen molar-refractivity contribution < 1.29 is 13.9 Å². The highest BCUT2D eigenvalue weighted by atomic mass is 19.1. The second-order valence-corrected chi connectivity index (χ2v) is 5.96. The summed E-state index contributed by atoms with van der Waals surface area (Å²) < 4.78 is 18.3. The van der Waals surface area contributed by atoms with E-state index >= 15 is 0 Å². The molecular weight excluding hydrogens is 323 g/mol. The van der Waals surface area contributed by atoms with Gasteiger partial charge in [0.1, 0.15) is 17.5 Å². The smallest absolute Gasteiger partial charge is 0.231 e. The van der Waals surface area contributed by atoms with Gasteiger partial charge in [-0.25, -0.2) is 9.38 Å². The lowest BCUT2D eigenvalue weighted by molar-refractivity contribution is -0.115. The Morgan fingerprint density at radius 2 is 2.00 bits per heavy atom. The maximum Gasteiger partial charge on any atom is 0.231 e. The van der Waals surface area contributed by atoms with Gasteiger partial charge in [-0.1, -0.05) is 0 Å². The Labute approximate surface area is 147 Å². The number of nitrogens with one attached hydrogen (secondary N) is 1. The van der Waals surface area contributed by atoms with E-state index in [1.165, 1.54) is 12.1 Å². The molecule has 1 amide bonds. The molecule has 0 atom stereocenters. The molecule has 0 radical (unpaired) electrons. The fraction of sp³-hybridized carbons (Fsp3) is 0.444. The molecule has 0 spiro atoms. The maximum absolute atomic E-state index is 13.0. The van der Waals surface area contributed by atoms with Gasteiger partial charge in [0.25, 0.3) is 0 Å². The van der Waals surface area contributed by atoms with Crippen molar-refractivity contribution in [3.05, 3.63) is 42.0 Å². The zero-order valence-electron chi connectivity index (χ0n) is 14.4. The number of amides is 1. The summed E-state index contributed by atoms with van der Waals surface area (Å²) in [5.74, 6) is 1.18. The Hall–Kier alpha value is -2.41. The molecule has 25 heavy (non-hydrogen) atoms. The summed E-state index contributed by atoms with van der Waals surface area (Å²) in [6, 6.07) is 5.75. The molecule has 0 aromatic heterocycles. The second kappa shape index (κ2) is 8.11. The largest absolute Gasteiger partial charge is 0.378 e. The molecule has 134 valence electrons. The van der Waals surface area contributed by atoms with E-state index in [0.29, 0.717) is 18.9 Å². The molecule has 1 aromatic carbocycles. The molecule has 0 unspecified atom stereocenters. The van der Waals surface area contributed by atoms with E-state index in [-0.39, 0.29) is 18.1 Å². The van der Waals surface area contributed by atoms with Gasteiger partial charge in [-0.05, 0) is 37.3 Å². The normalized spacial score (nSPS) is 17.8. The second-order valence-electron chi connectivity index (χ2n) is 5.96. The number of ether oxygens (including phenoxy) is 1. The molecule has 2 aliphatic heterocycles. The lowest BCUT2D eigenvalue weighted by atomic mass is 10.2. The van der Waals surface area contributed by atoms with Crippen LogP contribution in [0.5, 0.6) is 0 Å². The average molecular weight is 346 g/mol. The van der Waals surface area contributed by atoms with E-state index in [1.54, 1.807) is 12.1 Å². The highest BCUT2D eigenvalue weighted by Gasteiger charge is 2.21. The third-order valence-electron chi connectivity index (χ3n) is 4.27. The third kappa shape index (κ3) is 4.57. The maximum atomic E-state index is 13.0. The number of morpholine rings is 1. The number of benzene rings is 1. The lowest BCUT2D eigenvalue weighted by Gasteiger charge is -2.34. The van der Waals surface area contributed by atoms with Gasteiger partial charge in [0.2, 0.25) is 5.91 Å². The first-order valence-corrected chi connectivity index (χ1v) is 8.56. The fourth-order valence-electron chi connectivity index (χ4n) is 2.88. The van der Waals surface area contributed by atoms with Crippen molar-refractivity contribution in [3.63, 3.8) is 0 Å². The number of carbonyl (C=O) groups excluding carboxylic acids is 1. The average Bonchev–Trinajstić information content (AvgIpc) is 2.64. The van der Waals surface area contributed by atoms with Crippen molar-refractivity contribution in [2.75, 3.05) is 44.7 Å². The Bertz CT molecular complexity index is 666. The first-order valence-electron chi connectivity index (χ1n) is 8.56. The summed E-state index contributed by atoms with van der Waals surface area (Å²) >= 11 is 0. The first kappa shape index (κ1) is 17.4. The van der Waals surface area contributed by atoms with Crippen LogP contribution in [-0.2, 0) is 9.53 Å². The van der Waals surface area contributed by atoms with Gasteiger partial charge >= 0.3 is 0 Å². The molecule has 0 saturated carbocycles. The molecule has 0 aliphatic carbocycles. The monoisotopic (exact) mass is 346 g/mol. The number of nitrogens with zero attached hydrogens (tertiary/aromatic N) is 3. The van der Waals surface area contributed by atoms with Crippen LogP contribution >= 0.6 is 0 Å². The van der Waals surface area contributed by atoms with E-state index < -0.39 is 0 Å². The van der Waals surface area contributed by atoms with Crippen LogP contribution in [0.25, 0.3) is 0 Å². The van der Waals surface area contributed by atoms with Crippen molar-refractivity contribution >= 4 is 17.4 Å². The fourth-order valence-corrected chi connectivity index (χ4v) is 2.88. The van der Waals surface area contributed by atoms with Crippen LogP contribution in [0.15, 0.2) is 41.2 Å². The van der Waals surface area contributed by atoms with Gasteiger partial charge in [0, 0.05) is 31.9 Å². The summed E-state index contributed by atoms with van der Waals surface area (Å²) in [6.45, 7) is 6.60. The van der Waals surface area contributed by atoms with Gasteiger partial charge in [0.15, 0.2) is 0 Å². The van der Waals surface area contributed by atoms with Crippen LogP contribution in [0.4, 0.5) is 10.1 Å². The summed E-state index contributed by atoms with van der Waals surface area (Å²) in [4.78, 5) is 21.3. The van der Waals surface area contributed by atoms with Gasteiger partial charge < -0.3 is 19.9 Å². The Morgan fingerprint density at radius 3 is 2.68 bits per heavy atom. The first-order chi connectivity index (χ1) is 12.2. The minimum atomic E-state index is -0.327. The number of hydrogen-bond acceptors (Lipinski definition) is 5. The van der Waals surface area contributed by atoms with Crippen molar-refractivity contribution in [3.8, 4) is 0 Å². The highest BCUT2D eigenvalue weighted by molar-refractivity contribution is 6.06. The van der Waals surface area contributed by atoms with E-state index in [2.05, 4.69) is 21.2 Å². The standard InChI is InChI=1S/C18H23FN4O2/c1-2-22-8-7-16(23-9-11-25-12-10-23)21-17(22)13-18(24)20-15-5-3-14(19)4-6-15/h3-7H,2,8-13H2,1H3,(H,20,24). The van der Waals surface area contributed by atoms with Crippen molar-refractivity contribution in [1.29, 1.82) is 0 Å². The van der Waals surface area contributed by atoms with E-state index in [9.17, 15) is 9.18 Å². The van der Waals surface area contributed by atoms with E-state index in [1.807, 2.05) is 6.92 Å². The molecule has 6 nitrogen and oxygen atoms in total. The number of likely N-dealkylation sites (N-methyl/N-ethyl adjacent to an activating group) is 1. The Morgan fingerprint density at radius 1 is 1.28 bits per heavy atom. The molecule has 0 bridgehead atoms. The van der Waals surface area contributed by atoms with Gasteiger partial charge in [-0.2, -0.15) is 0 Å². The van der Waals surface area contributed by atoms with Crippen LogP contribution in [0, 0.1) is 5.82 Å². The number of aliphatic imine (C=N–C) groups is 1. The van der Waals surface area contributed by atoms with Gasteiger partial charge in [-0.3, -0.25) is 4.79 Å². The molecule has 2 aliphatic rings. The number of hydrogen-bond donors (Lipinski definition) is 1. The van der Waals surface area contributed by atoms with Crippen LogP contribution < -0.4 is 5.32 Å². The molecule has 1 N–H and O–H groups in total. The molecule has 1 fully saturated rings. The summed E-state index contributed by atoms with van der Waals surface area (Å²) in [5.41, 5.74) is 0.579. The summed E-state index contributed by atoms with van der Waals surface area (Å²) in [7, 11) is 0. The van der Waals surface area contributed by atoms with E-state index in [4.69, 9.17) is 9.73 Å². The molecule has 7 heteroatoms. The Balaban J connectivity index is 1.66. The van der Waals surface area contributed by atoms with Crippen LogP contribution in [0.1, 0.15) is 13.3 Å². The predicted octanol–water partition coefficient (Wildman–Crippen LogP) is 2.06. The molecule has 1 aromatic rings. The third-order valence-corrected chi connectivity index (χ3v) is 4.27. The Kier molecular flexibility index (Phi) is 5.65. The molecule has 1 saturated heterocycles. The number of amidine groups is 1. The van der Waals surface area contributed by atoms with Crippen molar-refractivity contribution in [2.45, 2.75) is 13.3 Å². The van der Waals surface area contributed by atoms with Crippen LogP contribution in [0.3, 0.4) is 0 Å². The highest BCUT2D eigenvalue weighted by Crippen LogP contribution is 2.17. The van der Waals surface area contributed by atoms with Crippen molar-refractivity contribution in [1.82, 2.24) is 9.80 Å². The molecule has 3 rings (SSSR count). The zero-order valence-corrected chi connectivity index (χ0v) is 14.4. The van der Waals surface area contributed by atoms with Crippen LogP contribution in [0.2, 0.25) is 0 Å². The quantitative estimate of drug-likeness (QED) is 0.887. The lowest BCUT2D eigenvalue weighted by Crippen LogP contribution is -2.41. The molecule has 2 heterocycles.